The fourth-order valence-electron chi connectivity index (χ4n) is 5.52. The average Bonchev–Trinajstić information content (AvgIpc) is 3.32. The zero-order chi connectivity index (χ0) is 28.3. The number of amides is 1. The highest BCUT2D eigenvalue weighted by Crippen LogP contribution is 2.20. The van der Waals surface area contributed by atoms with E-state index >= 15 is 0 Å². The smallest absolute Gasteiger partial charge is 0.251 e. The maximum atomic E-state index is 12.3. The first-order valence-corrected chi connectivity index (χ1v) is 16.5. The molecule has 220 valence electrons. The van der Waals surface area contributed by atoms with Gasteiger partial charge in [0.05, 0.1) is 11.0 Å². The van der Waals surface area contributed by atoms with Crippen molar-refractivity contribution in [2.75, 3.05) is 6.54 Å². The summed E-state index contributed by atoms with van der Waals surface area (Å²) in [5.74, 6) is 1.17. The summed E-state index contributed by atoms with van der Waals surface area (Å²) in [5, 5.41) is 3.66. The van der Waals surface area contributed by atoms with Gasteiger partial charge in [0.25, 0.3) is 5.91 Å². The Morgan fingerprint density at radius 2 is 1.30 bits per heavy atom. The summed E-state index contributed by atoms with van der Waals surface area (Å²) in [5.41, 5.74) is 3.03. The van der Waals surface area contributed by atoms with E-state index in [9.17, 15) is 4.79 Å². The number of imidazole rings is 1. The average molecular weight is 566 g/mol. The lowest BCUT2D eigenvalue weighted by Crippen LogP contribution is -2.24. The van der Waals surface area contributed by atoms with E-state index in [0.717, 1.165) is 37.7 Å². The van der Waals surface area contributed by atoms with Crippen molar-refractivity contribution in [3.05, 3.63) is 64.9 Å². The van der Waals surface area contributed by atoms with Gasteiger partial charge in [0.15, 0.2) is 0 Å². The van der Waals surface area contributed by atoms with Crippen LogP contribution in [0.3, 0.4) is 0 Å². The molecule has 1 heterocycles. The fourth-order valence-corrected chi connectivity index (χ4v) is 5.65. The quantitative estimate of drug-likeness (QED) is 0.123. The second-order valence-corrected chi connectivity index (χ2v) is 11.8. The molecule has 1 aromatic heterocycles. The number of nitrogens with one attached hydrogen (secondary N) is 1. The molecule has 2 aromatic carbocycles. The Morgan fingerprint density at radius 3 is 1.95 bits per heavy atom. The predicted molar refractivity (Wildman–Crippen MR) is 171 cm³/mol. The van der Waals surface area contributed by atoms with E-state index in [4.69, 9.17) is 16.6 Å². The summed E-state index contributed by atoms with van der Waals surface area (Å²) < 4.78 is 2.46. The minimum atomic E-state index is -0.0355. The van der Waals surface area contributed by atoms with Crippen LogP contribution in [0.15, 0.2) is 48.5 Å². The minimum absolute atomic E-state index is 0.0355. The molecule has 0 saturated heterocycles. The van der Waals surface area contributed by atoms with Crippen molar-refractivity contribution in [2.45, 2.75) is 129 Å². The number of fused-ring (bicyclic) bond motifs is 1. The molecule has 1 N–H and O–H groups in total. The summed E-state index contributed by atoms with van der Waals surface area (Å²) in [6, 6.07) is 15.6. The number of unbranched alkanes of at least 4 members (excludes halogenated alkanes) is 15. The van der Waals surface area contributed by atoms with Crippen molar-refractivity contribution in [1.82, 2.24) is 14.9 Å². The van der Waals surface area contributed by atoms with Crippen LogP contribution in [0.2, 0.25) is 5.02 Å². The first-order chi connectivity index (χ1) is 19.7. The lowest BCUT2D eigenvalue weighted by atomic mass is 10.0. The van der Waals surface area contributed by atoms with Crippen molar-refractivity contribution in [3.63, 3.8) is 0 Å². The Hall–Kier alpha value is -2.33. The van der Waals surface area contributed by atoms with E-state index in [1.807, 2.05) is 0 Å². The van der Waals surface area contributed by atoms with Crippen LogP contribution < -0.4 is 5.32 Å². The molecular weight excluding hydrogens is 514 g/mol. The first-order valence-electron chi connectivity index (χ1n) is 16.2. The minimum Gasteiger partial charge on any atom is -0.352 e. The highest BCUT2D eigenvalue weighted by Gasteiger charge is 2.10. The number of para-hydroxylation sites is 2. The highest BCUT2D eigenvalue weighted by atomic mass is 35.5. The maximum Gasteiger partial charge on any atom is 0.251 e. The number of carbonyl (C=O) groups excluding carboxylic acids is 1. The number of carbonyl (C=O) groups is 1. The molecule has 0 aliphatic carbocycles. The summed E-state index contributed by atoms with van der Waals surface area (Å²) >= 11 is 5.91. The molecule has 3 aromatic rings. The standard InChI is InChI=1S/C35H52ClN3O/c1-2-3-4-5-6-7-8-9-10-11-12-13-14-20-29-39-33-22-18-17-21-32(33)38-34(39)23-16-15-19-28-37-35(40)30-24-26-31(36)27-25-30/h17-18,21-22,24-27H,2-16,19-20,23,28-29H2,1H3,(H,37,40). The molecule has 0 bridgehead atoms. The molecule has 0 saturated carbocycles. The zero-order valence-corrected chi connectivity index (χ0v) is 25.7. The van der Waals surface area contributed by atoms with E-state index in [0.29, 0.717) is 17.1 Å². The van der Waals surface area contributed by atoms with Crippen molar-refractivity contribution >= 4 is 28.5 Å². The lowest BCUT2D eigenvalue weighted by molar-refractivity contribution is 0.0953. The van der Waals surface area contributed by atoms with Crippen LogP contribution in [-0.2, 0) is 13.0 Å². The molecule has 40 heavy (non-hydrogen) atoms. The fraction of sp³-hybridized carbons (Fsp3) is 0.600. The Morgan fingerprint density at radius 1 is 0.725 bits per heavy atom. The lowest BCUT2D eigenvalue weighted by Gasteiger charge is -2.10. The molecule has 5 heteroatoms. The van der Waals surface area contributed by atoms with Crippen LogP contribution in [-0.4, -0.2) is 22.0 Å². The van der Waals surface area contributed by atoms with Gasteiger partial charge in [-0.05, 0) is 55.7 Å². The van der Waals surface area contributed by atoms with Crippen molar-refractivity contribution in [3.8, 4) is 0 Å². The number of benzene rings is 2. The van der Waals surface area contributed by atoms with Gasteiger partial charge in [-0.3, -0.25) is 4.79 Å². The van der Waals surface area contributed by atoms with Crippen LogP contribution in [0.25, 0.3) is 11.0 Å². The molecular formula is C35H52ClN3O. The molecule has 0 unspecified atom stereocenters. The summed E-state index contributed by atoms with van der Waals surface area (Å²) in [6.07, 6.45) is 23.5. The molecule has 0 aliphatic heterocycles. The molecule has 0 atom stereocenters. The van der Waals surface area contributed by atoms with Gasteiger partial charge in [-0.15, -0.1) is 0 Å². The van der Waals surface area contributed by atoms with Crippen LogP contribution in [0.5, 0.6) is 0 Å². The van der Waals surface area contributed by atoms with Crippen LogP contribution in [0, 0.1) is 0 Å². The largest absolute Gasteiger partial charge is 0.352 e. The number of aromatic nitrogens is 2. The second-order valence-electron chi connectivity index (χ2n) is 11.3. The van der Waals surface area contributed by atoms with Gasteiger partial charge in [-0.25, -0.2) is 4.98 Å². The summed E-state index contributed by atoms with van der Waals surface area (Å²) in [6.45, 7) is 4.04. The number of nitrogens with zero attached hydrogens (tertiary/aromatic N) is 2. The maximum absolute atomic E-state index is 12.3. The topological polar surface area (TPSA) is 46.9 Å². The highest BCUT2D eigenvalue weighted by molar-refractivity contribution is 6.30. The monoisotopic (exact) mass is 565 g/mol. The Labute approximate surface area is 248 Å². The molecule has 0 spiro atoms. The van der Waals surface area contributed by atoms with E-state index in [1.165, 1.54) is 101 Å². The molecule has 1 amide bonds. The summed E-state index contributed by atoms with van der Waals surface area (Å²) in [4.78, 5) is 17.2. The first kappa shape index (κ1) is 32.2. The van der Waals surface area contributed by atoms with Gasteiger partial charge in [-0.2, -0.15) is 0 Å². The van der Waals surface area contributed by atoms with Gasteiger partial charge in [0.1, 0.15) is 5.82 Å². The number of hydrogen-bond acceptors (Lipinski definition) is 2. The van der Waals surface area contributed by atoms with Crippen LogP contribution in [0.4, 0.5) is 0 Å². The van der Waals surface area contributed by atoms with E-state index in [2.05, 4.69) is 41.1 Å². The van der Waals surface area contributed by atoms with Gasteiger partial charge in [0.2, 0.25) is 0 Å². The molecule has 3 rings (SSSR count). The second kappa shape index (κ2) is 19.7. The van der Waals surface area contributed by atoms with Crippen molar-refractivity contribution in [1.29, 1.82) is 0 Å². The number of aryl methyl sites for hydroxylation is 2. The van der Waals surface area contributed by atoms with Gasteiger partial charge in [0, 0.05) is 30.1 Å². The molecule has 4 nitrogen and oxygen atoms in total. The third-order valence-electron chi connectivity index (χ3n) is 7.94. The number of halogens is 1. The third-order valence-corrected chi connectivity index (χ3v) is 8.19. The van der Waals surface area contributed by atoms with E-state index in [-0.39, 0.29) is 5.91 Å². The van der Waals surface area contributed by atoms with Crippen molar-refractivity contribution < 1.29 is 4.79 Å². The number of hydrogen-bond donors (Lipinski definition) is 1. The molecule has 0 radical (unpaired) electrons. The Balaban J connectivity index is 1.28. The normalized spacial score (nSPS) is 11.3. The van der Waals surface area contributed by atoms with Crippen LogP contribution in [0.1, 0.15) is 132 Å². The number of rotatable bonds is 22. The summed E-state index contributed by atoms with van der Waals surface area (Å²) in [7, 11) is 0. The Kier molecular flexibility index (Phi) is 15.8. The van der Waals surface area contributed by atoms with Crippen molar-refractivity contribution in [2.24, 2.45) is 0 Å². The predicted octanol–water partition coefficient (Wildman–Crippen LogP) is 10.3. The van der Waals surface area contributed by atoms with Gasteiger partial charge in [-0.1, -0.05) is 121 Å². The van der Waals surface area contributed by atoms with Crippen LogP contribution >= 0.6 is 11.6 Å². The third kappa shape index (κ3) is 12.0. The van der Waals surface area contributed by atoms with Gasteiger partial charge >= 0.3 is 0 Å². The van der Waals surface area contributed by atoms with Gasteiger partial charge < -0.3 is 9.88 Å². The Bertz CT molecular complexity index is 1090. The zero-order valence-electron chi connectivity index (χ0n) is 24.9. The SMILES string of the molecule is CCCCCCCCCCCCCCCCn1c(CCCCCNC(=O)c2ccc(Cl)cc2)nc2ccccc21. The molecule has 0 aliphatic rings. The molecule has 0 fully saturated rings. The van der Waals surface area contributed by atoms with E-state index < -0.39 is 0 Å². The van der Waals surface area contributed by atoms with E-state index in [1.54, 1.807) is 24.3 Å².